The maximum Gasteiger partial charge on any atom is 0.325 e. The molecule has 5 nitrogen and oxygen atoms in total. The van der Waals surface area contributed by atoms with Gasteiger partial charge in [-0.05, 0) is 37.0 Å². The first kappa shape index (κ1) is 16.3. The lowest BCUT2D eigenvalue weighted by molar-refractivity contribution is -0.144. The average molecular weight is 305 g/mol. The van der Waals surface area contributed by atoms with Gasteiger partial charge in [-0.2, -0.15) is 0 Å². The Hall–Kier alpha value is -2.04. The Labute approximate surface area is 131 Å². The minimum atomic E-state index is -0.387. The van der Waals surface area contributed by atoms with Crippen molar-refractivity contribution in [3.63, 3.8) is 0 Å². The van der Waals surface area contributed by atoms with Gasteiger partial charge in [-0.25, -0.2) is 0 Å². The predicted molar refractivity (Wildman–Crippen MR) is 82.9 cm³/mol. The largest absolute Gasteiger partial charge is 0.497 e. The molecule has 1 fully saturated rings. The van der Waals surface area contributed by atoms with Crippen molar-refractivity contribution in [1.29, 1.82) is 0 Å². The van der Waals surface area contributed by atoms with Gasteiger partial charge in [0.05, 0.1) is 13.7 Å². The van der Waals surface area contributed by atoms with Gasteiger partial charge >= 0.3 is 5.97 Å². The fourth-order valence-corrected chi connectivity index (χ4v) is 2.63. The molecule has 22 heavy (non-hydrogen) atoms. The fourth-order valence-electron chi connectivity index (χ4n) is 2.63. The molecule has 120 valence electrons. The summed E-state index contributed by atoms with van der Waals surface area (Å²) in [6, 6.07) is 6.79. The lowest BCUT2D eigenvalue weighted by Gasteiger charge is -2.21. The second-order valence-corrected chi connectivity index (χ2v) is 5.60. The number of nitrogens with one attached hydrogen (secondary N) is 1. The van der Waals surface area contributed by atoms with E-state index in [-0.39, 0.29) is 18.4 Å². The van der Waals surface area contributed by atoms with E-state index >= 15 is 0 Å². The van der Waals surface area contributed by atoms with Crippen LogP contribution in [0.5, 0.6) is 5.75 Å². The summed E-state index contributed by atoms with van der Waals surface area (Å²) < 4.78 is 10.3. The second-order valence-electron chi connectivity index (χ2n) is 5.60. The Morgan fingerprint density at radius 3 is 2.73 bits per heavy atom. The molecule has 0 heterocycles. The van der Waals surface area contributed by atoms with Gasteiger partial charge in [-0.15, -0.1) is 0 Å². The molecule has 1 aliphatic carbocycles. The number of hydrogen-bond acceptors (Lipinski definition) is 4. The molecule has 1 aromatic carbocycles. The summed E-state index contributed by atoms with van der Waals surface area (Å²) in [5.74, 6) is 0.384. The van der Waals surface area contributed by atoms with E-state index in [0.29, 0.717) is 23.8 Å². The van der Waals surface area contributed by atoms with Crippen molar-refractivity contribution in [2.24, 2.45) is 5.92 Å². The van der Waals surface area contributed by atoms with Crippen LogP contribution < -0.4 is 10.1 Å². The van der Waals surface area contributed by atoms with Gasteiger partial charge in [0.2, 0.25) is 0 Å². The summed E-state index contributed by atoms with van der Waals surface area (Å²) in [4.78, 5) is 23.6. The Morgan fingerprint density at radius 1 is 1.23 bits per heavy atom. The van der Waals surface area contributed by atoms with Crippen molar-refractivity contribution in [2.45, 2.75) is 32.1 Å². The smallest absolute Gasteiger partial charge is 0.325 e. The third-order valence-corrected chi connectivity index (χ3v) is 3.93. The number of hydrogen-bond donors (Lipinski definition) is 1. The number of amides is 1. The van der Waals surface area contributed by atoms with Crippen LogP contribution in [0.2, 0.25) is 0 Å². The first-order chi connectivity index (χ1) is 10.7. The van der Waals surface area contributed by atoms with E-state index in [4.69, 9.17) is 9.47 Å². The quantitative estimate of drug-likeness (QED) is 0.820. The zero-order chi connectivity index (χ0) is 15.8. The summed E-state index contributed by atoms with van der Waals surface area (Å²) in [6.45, 7) is 0.358. The number of ether oxygens (including phenoxy) is 2. The zero-order valence-corrected chi connectivity index (χ0v) is 13.0. The molecule has 1 amide bonds. The molecule has 1 saturated carbocycles. The number of esters is 1. The summed E-state index contributed by atoms with van der Waals surface area (Å²) in [7, 11) is 1.54. The van der Waals surface area contributed by atoms with Crippen LogP contribution in [0.3, 0.4) is 0 Å². The molecule has 1 aliphatic rings. The second kappa shape index (κ2) is 8.41. The first-order valence-electron chi connectivity index (χ1n) is 7.77. The molecule has 5 heteroatoms. The Kier molecular flexibility index (Phi) is 6.25. The van der Waals surface area contributed by atoms with Crippen molar-refractivity contribution in [1.82, 2.24) is 5.32 Å². The Bertz CT molecular complexity index is 509. The molecule has 0 unspecified atom stereocenters. The molecule has 1 aromatic rings. The Morgan fingerprint density at radius 2 is 2.00 bits per heavy atom. The molecule has 0 aliphatic heterocycles. The highest BCUT2D eigenvalue weighted by Gasteiger charge is 2.16. The maximum atomic E-state index is 11.9. The van der Waals surface area contributed by atoms with Crippen molar-refractivity contribution in [2.75, 3.05) is 20.3 Å². The van der Waals surface area contributed by atoms with Crippen molar-refractivity contribution >= 4 is 11.9 Å². The van der Waals surface area contributed by atoms with Crippen molar-refractivity contribution in [3.05, 3.63) is 29.8 Å². The molecule has 0 atom stereocenters. The predicted octanol–water partition coefficient (Wildman–Crippen LogP) is 2.55. The molecular weight excluding hydrogens is 282 g/mol. The van der Waals surface area contributed by atoms with E-state index in [1.807, 2.05) is 0 Å². The molecule has 1 N–H and O–H groups in total. The van der Waals surface area contributed by atoms with Gasteiger partial charge in [0, 0.05) is 5.56 Å². The summed E-state index contributed by atoms with van der Waals surface area (Å²) in [5.41, 5.74) is 0.458. The highest BCUT2D eigenvalue weighted by atomic mass is 16.5. The number of benzene rings is 1. The van der Waals surface area contributed by atoms with Gasteiger partial charge in [0.1, 0.15) is 12.3 Å². The van der Waals surface area contributed by atoms with E-state index in [0.717, 1.165) is 12.8 Å². The number of methoxy groups -OCH3 is 1. The van der Waals surface area contributed by atoms with E-state index in [2.05, 4.69) is 5.32 Å². The topological polar surface area (TPSA) is 64.6 Å². The van der Waals surface area contributed by atoms with E-state index in [9.17, 15) is 9.59 Å². The van der Waals surface area contributed by atoms with Gasteiger partial charge in [0.25, 0.3) is 5.91 Å². The molecule has 0 spiro atoms. The molecule has 0 aromatic heterocycles. The molecular formula is C17H23NO4. The fraction of sp³-hybridized carbons (Fsp3) is 0.529. The van der Waals surface area contributed by atoms with Gasteiger partial charge in [-0.3, -0.25) is 9.59 Å². The van der Waals surface area contributed by atoms with Crippen molar-refractivity contribution in [3.8, 4) is 5.75 Å². The van der Waals surface area contributed by atoms with E-state index < -0.39 is 0 Å². The van der Waals surface area contributed by atoms with Crippen LogP contribution in [-0.4, -0.2) is 32.1 Å². The average Bonchev–Trinajstić information content (AvgIpc) is 2.58. The molecule has 2 rings (SSSR count). The monoisotopic (exact) mass is 305 g/mol. The van der Waals surface area contributed by atoms with Crippen molar-refractivity contribution < 1.29 is 19.1 Å². The zero-order valence-electron chi connectivity index (χ0n) is 13.0. The normalized spacial score (nSPS) is 15.1. The highest BCUT2D eigenvalue weighted by Crippen LogP contribution is 2.23. The maximum absolute atomic E-state index is 11.9. The third kappa shape index (κ3) is 5.06. The van der Waals surface area contributed by atoms with Crippen LogP contribution in [0.25, 0.3) is 0 Å². The van der Waals surface area contributed by atoms with Crippen LogP contribution in [0, 0.1) is 5.92 Å². The highest BCUT2D eigenvalue weighted by molar-refractivity contribution is 5.96. The first-order valence-corrected chi connectivity index (χ1v) is 7.77. The molecule has 0 bridgehead atoms. The van der Waals surface area contributed by atoms with Gasteiger partial charge in [0.15, 0.2) is 0 Å². The summed E-state index contributed by atoms with van der Waals surface area (Å²) in [5, 5.41) is 2.57. The lowest BCUT2D eigenvalue weighted by Crippen LogP contribution is -2.31. The molecule has 0 radical (unpaired) electrons. The van der Waals surface area contributed by atoms with E-state index in [1.165, 1.54) is 19.3 Å². The van der Waals surface area contributed by atoms with Crippen LogP contribution in [0.1, 0.15) is 42.5 Å². The third-order valence-electron chi connectivity index (χ3n) is 3.93. The SMILES string of the molecule is COc1cccc(C(=O)NCC(=O)OCC2CCCCC2)c1. The minimum absolute atomic E-state index is 0.108. The van der Waals surface area contributed by atoms with E-state index in [1.54, 1.807) is 31.4 Å². The number of rotatable bonds is 6. The minimum Gasteiger partial charge on any atom is -0.497 e. The van der Waals surface area contributed by atoms with Crippen LogP contribution in [0.15, 0.2) is 24.3 Å². The number of carbonyl (C=O) groups is 2. The van der Waals surface area contributed by atoms with Gasteiger partial charge < -0.3 is 14.8 Å². The molecule has 0 saturated heterocycles. The standard InChI is InChI=1S/C17H23NO4/c1-21-15-9-5-8-14(10-15)17(20)18-11-16(19)22-12-13-6-3-2-4-7-13/h5,8-10,13H,2-4,6-7,11-12H2,1H3,(H,18,20). The van der Waals surface area contributed by atoms with Gasteiger partial charge in [-0.1, -0.05) is 25.3 Å². The van der Waals surface area contributed by atoms with Crippen LogP contribution in [-0.2, 0) is 9.53 Å². The Balaban J connectivity index is 1.71. The lowest BCUT2D eigenvalue weighted by atomic mass is 9.90. The summed E-state index contributed by atoms with van der Waals surface area (Å²) >= 11 is 0. The van der Waals surface area contributed by atoms with Crippen LogP contribution >= 0.6 is 0 Å². The summed E-state index contributed by atoms with van der Waals surface area (Å²) in [6.07, 6.45) is 5.97. The number of carbonyl (C=O) groups excluding carboxylic acids is 2. The van der Waals surface area contributed by atoms with Crippen LogP contribution in [0.4, 0.5) is 0 Å².